The third-order valence-corrected chi connectivity index (χ3v) is 25.5. The monoisotopic (exact) mass is 1530 g/mol. The minimum atomic E-state index is -0.520. The van der Waals surface area contributed by atoms with Crippen molar-refractivity contribution in [3.63, 3.8) is 0 Å². The van der Waals surface area contributed by atoms with E-state index in [1.54, 1.807) is 68.1 Å². The molecule has 0 radical (unpaired) electrons. The van der Waals surface area contributed by atoms with Gasteiger partial charge in [-0.25, -0.2) is 19.2 Å². The molecule has 8 fully saturated rings. The number of carbonyl (C=O) groups is 6. The Morgan fingerprint density at radius 1 is 0.316 bits per heavy atom. The summed E-state index contributed by atoms with van der Waals surface area (Å²) in [4.78, 5) is 81.6. The van der Waals surface area contributed by atoms with Crippen LogP contribution in [0.3, 0.4) is 0 Å². The molecule has 4 saturated carbocycles. The summed E-state index contributed by atoms with van der Waals surface area (Å²) in [6.07, 6.45) is 14.8. The zero-order valence-corrected chi connectivity index (χ0v) is 66.0. The molecule has 12 N–H and O–H groups in total. The van der Waals surface area contributed by atoms with E-state index in [1.165, 1.54) is 22.3 Å². The lowest BCUT2D eigenvalue weighted by Crippen LogP contribution is -2.54. The number of amides is 10. The Morgan fingerprint density at radius 3 is 0.737 bits per heavy atom. The van der Waals surface area contributed by atoms with Gasteiger partial charge in [-0.3, -0.25) is 29.2 Å². The van der Waals surface area contributed by atoms with E-state index in [1.807, 2.05) is 60.7 Å². The van der Waals surface area contributed by atoms with Crippen LogP contribution in [-0.4, -0.2) is 110 Å². The quantitative estimate of drug-likeness (QED) is 0.0383. The molecule has 4 aliphatic carbocycles. The van der Waals surface area contributed by atoms with Crippen molar-refractivity contribution < 1.29 is 28.8 Å². The molecule has 0 unspecified atom stereocenters. The molecule has 4 spiro atoms. The van der Waals surface area contributed by atoms with E-state index in [4.69, 9.17) is 11.5 Å². The Bertz CT molecular complexity index is 4500. The lowest BCUT2D eigenvalue weighted by molar-refractivity contribution is 0.0992. The minimum Gasteiger partial charge on any atom is -0.366 e. The lowest BCUT2D eigenvalue weighted by Gasteiger charge is -2.45. The van der Waals surface area contributed by atoms with Crippen molar-refractivity contribution in [2.45, 2.75) is 175 Å². The molecule has 4 aliphatic heterocycles. The van der Waals surface area contributed by atoms with E-state index < -0.39 is 11.8 Å². The van der Waals surface area contributed by atoms with Gasteiger partial charge in [-0.2, -0.15) is 10.5 Å². The summed E-state index contributed by atoms with van der Waals surface area (Å²) in [5.41, 5.74) is 19.5. The van der Waals surface area contributed by atoms with Crippen LogP contribution in [0.4, 0.5) is 41.9 Å². The van der Waals surface area contributed by atoms with Crippen LogP contribution >= 0.6 is 0 Å². The second-order valence-electron chi connectivity index (χ2n) is 32.1. The molecule has 8 aromatic carbocycles. The Hall–Kier alpha value is -11.4. The minimum absolute atomic E-state index is 0.0377. The van der Waals surface area contributed by atoms with E-state index in [9.17, 15) is 39.3 Å². The normalized spacial score (nSPS) is 26.7. The standard InChI is InChI=1S/2C23H28N4O2.2C23H26N4O/c2*1-2-25-23(17-8-4-3-5-9-17)14-12-22(13-15-23)16-27(21(29)26-22)19-11-7-6-10-18(19)20(24)28;2*1-2-25-23(19-9-4-3-5-10-19)14-12-22(13-15-23)17-27(21(28)26-22)20-11-7-6-8-18(20)16-24/h2*3-11,25H,2,12-16H2,1H3,(H2,24,28)(H,26,29);2*3-11,25H,2,12-15,17H2,1H3,(H,26,28). The van der Waals surface area contributed by atoms with Crippen LogP contribution in [0.15, 0.2) is 218 Å². The van der Waals surface area contributed by atoms with Crippen molar-refractivity contribution in [1.29, 1.82) is 10.5 Å². The highest BCUT2D eigenvalue weighted by Gasteiger charge is 2.54. The molecular weight excluding hydrogens is 1430 g/mol. The van der Waals surface area contributed by atoms with Gasteiger partial charge < -0.3 is 54.0 Å². The summed E-state index contributed by atoms with van der Waals surface area (Å²) >= 11 is 0. The zero-order valence-electron chi connectivity index (χ0n) is 66.0. The van der Waals surface area contributed by atoms with E-state index in [0.29, 0.717) is 71.2 Å². The Balaban J connectivity index is 0.000000133. The summed E-state index contributed by atoms with van der Waals surface area (Å²) in [6, 6.07) is 75.0. The first-order valence-electron chi connectivity index (χ1n) is 40.6. The third kappa shape index (κ3) is 16.7. The molecule has 10 amide bonds. The topological polar surface area (TPSA) is 311 Å². The SMILES string of the molecule is CCNC1(c2ccccc2)CCC2(CC1)CN(c1ccccc1C#N)C(=O)N2.CCNC1(c2ccccc2)CCC2(CC1)CN(c1ccccc1C#N)C(=O)N2.CCNC1(c2ccccc2)CCC2(CC1)CN(c1ccccc1C(N)=O)C(=O)N2.CCNC1(c2ccccc2)CCC2(CC1)CN(c1ccccc1C(N)=O)C(=O)N2. The van der Waals surface area contributed by atoms with Crippen molar-refractivity contribution in [3.8, 4) is 12.1 Å². The van der Waals surface area contributed by atoms with Gasteiger partial charge in [0, 0.05) is 22.2 Å². The van der Waals surface area contributed by atoms with Crippen LogP contribution in [0.2, 0.25) is 0 Å². The second kappa shape index (κ2) is 34.5. The van der Waals surface area contributed by atoms with E-state index in [0.717, 1.165) is 129 Å². The summed E-state index contributed by atoms with van der Waals surface area (Å²) in [5, 5.41) is 46.6. The molecule has 16 rings (SSSR count). The van der Waals surface area contributed by atoms with E-state index in [2.05, 4.69) is 192 Å². The number of nitriles is 2. The average molecular weight is 1530 g/mol. The van der Waals surface area contributed by atoms with E-state index >= 15 is 0 Å². The Morgan fingerprint density at radius 2 is 0.518 bits per heavy atom. The maximum atomic E-state index is 12.8. The van der Waals surface area contributed by atoms with E-state index in [-0.39, 0.29) is 68.4 Å². The number of carbonyl (C=O) groups excluding carboxylic acids is 6. The highest BCUT2D eigenvalue weighted by molar-refractivity contribution is 6.06. The molecular formula is C92H108N16O6. The third-order valence-electron chi connectivity index (χ3n) is 25.5. The molecule has 0 aromatic heterocycles. The molecule has 8 aliphatic rings. The van der Waals surface area contributed by atoms with Gasteiger partial charge in [0.15, 0.2) is 0 Å². The first kappa shape index (κ1) is 80.6. The predicted molar refractivity (Wildman–Crippen MR) is 448 cm³/mol. The van der Waals surface area contributed by atoms with Gasteiger partial charge in [0.05, 0.1) is 93.3 Å². The van der Waals surface area contributed by atoms with Crippen LogP contribution in [0.5, 0.6) is 0 Å². The van der Waals surface area contributed by atoms with Gasteiger partial charge in [-0.1, -0.05) is 198 Å². The average Bonchev–Trinajstić information content (AvgIpc) is 1.59. The van der Waals surface area contributed by atoms with Crippen molar-refractivity contribution >= 4 is 58.7 Å². The first-order chi connectivity index (χ1) is 55.2. The lowest BCUT2D eigenvalue weighted by atomic mass is 9.69. The molecule has 114 heavy (non-hydrogen) atoms. The number of anilines is 4. The number of urea groups is 4. The largest absolute Gasteiger partial charge is 0.366 e. The maximum Gasteiger partial charge on any atom is 0.322 e. The Labute approximate surface area is 670 Å². The number of nitrogens with one attached hydrogen (secondary N) is 8. The fourth-order valence-corrected chi connectivity index (χ4v) is 19.5. The molecule has 22 nitrogen and oxygen atoms in total. The predicted octanol–water partition coefficient (Wildman–Crippen LogP) is 14.1. The van der Waals surface area contributed by atoms with Crippen molar-refractivity contribution in [1.82, 2.24) is 42.5 Å². The summed E-state index contributed by atoms with van der Waals surface area (Å²) < 4.78 is 0. The fourth-order valence-electron chi connectivity index (χ4n) is 19.5. The molecule has 592 valence electrons. The van der Waals surface area contributed by atoms with Gasteiger partial charge in [0.25, 0.3) is 11.8 Å². The van der Waals surface area contributed by atoms with Gasteiger partial charge >= 0.3 is 24.1 Å². The molecule has 0 bridgehead atoms. The molecule has 0 atom stereocenters. The van der Waals surface area contributed by atoms with Crippen LogP contribution in [-0.2, 0) is 22.2 Å². The van der Waals surface area contributed by atoms with Crippen molar-refractivity contribution in [2.75, 3.05) is 72.0 Å². The number of hydrogen-bond donors (Lipinski definition) is 10. The molecule has 4 heterocycles. The number of hydrogen-bond acceptors (Lipinski definition) is 12. The van der Waals surface area contributed by atoms with Crippen LogP contribution in [0, 0.1) is 22.7 Å². The first-order valence-corrected chi connectivity index (χ1v) is 40.6. The second-order valence-corrected chi connectivity index (χ2v) is 32.1. The fraction of sp³-hybridized carbons (Fsp3) is 0.391. The van der Waals surface area contributed by atoms with Crippen LogP contribution < -0.4 is 73.6 Å². The molecule has 8 aromatic rings. The number of rotatable bonds is 18. The van der Waals surface area contributed by atoms with Crippen molar-refractivity contribution in [2.24, 2.45) is 11.5 Å². The number of benzene rings is 8. The highest BCUT2D eigenvalue weighted by atomic mass is 16.2. The summed E-state index contributed by atoms with van der Waals surface area (Å²) in [5.74, 6) is -1.04. The number of para-hydroxylation sites is 4. The van der Waals surface area contributed by atoms with Gasteiger partial charge in [0.2, 0.25) is 0 Å². The smallest absolute Gasteiger partial charge is 0.322 e. The summed E-state index contributed by atoms with van der Waals surface area (Å²) in [7, 11) is 0. The van der Waals surface area contributed by atoms with Crippen molar-refractivity contribution in [3.05, 3.63) is 263 Å². The maximum absolute atomic E-state index is 12.8. The van der Waals surface area contributed by atoms with Gasteiger partial charge in [-0.05, 0) is 200 Å². The zero-order chi connectivity index (χ0) is 80.2. The Kier molecular flexibility index (Phi) is 24.4. The van der Waals surface area contributed by atoms with Crippen LogP contribution in [0.1, 0.15) is 185 Å². The van der Waals surface area contributed by atoms with Gasteiger partial charge in [0.1, 0.15) is 12.1 Å². The molecule has 22 heteroatoms. The number of nitrogens with zero attached hydrogens (tertiary/aromatic N) is 6. The number of primary amides is 2. The highest BCUT2D eigenvalue weighted by Crippen LogP contribution is 2.49. The molecule has 4 saturated heterocycles. The number of nitrogens with two attached hydrogens (primary N) is 2. The van der Waals surface area contributed by atoms with Gasteiger partial charge in [-0.15, -0.1) is 0 Å². The van der Waals surface area contributed by atoms with Crippen LogP contribution in [0.25, 0.3) is 0 Å². The summed E-state index contributed by atoms with van der Waals surface area (Å²) in [6.45, 7) is 14.5.